The molecule has 2 N–H and O–H groups in total. The average molecular weight is 284 g/mol. The fourth-order valence-corrected chi connectivity index (χ4v) is 2.27. The van der Waals surface area contributed by atoms with Gasteiger partial charge in [-0.25, -0.2) is 0 Å². The van der Waals surface area contributed by atoms with Crippen LogP contribution in [-0.4, -0.2) is 64.0 Å². The smallest absolute Gasteiger partial charge is 0.317 e. The van der Waals surface area contributed by atoms with Gasteiger partial charge >= 0.3 is 11.9 Å². The SMILES string of the molecule is CCN(C(=O)CN(CC(=O)O)CC(=O)O)C1=CCCC1. The van der Waals surface area contributed by atoms with E-state index in [1.165, 1.54) is 0 Å². The predicted octanol–water partition coefficient (Wildman–Crippen LogP) is 0.374. The minimum atomic E-state index is -1.15. The van der Waals surface area contributed by atoms with Crippen molar-refractivity contribution in [2.75, 3.05) is 26.2 Å². The number of aliphatic carboxylic acids is 2. The predicted molar refractivity (Wildman–Crippen MR) is 71.0 cm³/mol. The number of hydrogen-bond donors (Lipinski definition) is 2. The zero-order chi connectivity index (χ0) is 15.1. The molecule has 0 fully saturated rings. The summed E-state index contributed by atoms with van der Waals surface area (Å²) in [5, 5.41) is 17.5. The molecule has 0 heterocycles. The normalized spacial score (nSPS) is 14.2. The Morgan fingerprint density at radius 3 is 2.15 bits per heavy atom. The number of rotatable bonds is 8. The summed E-state index contributed by atoms with van der Waals surface area (Å²) in [6.45, 7) is 1.21. The van der Waals surface area contributed by atoms with Crippen LogP contribution in [0.15, 0.2) is 11.8 Å². The van der Waals surface area contributed by atoms with Crippen molar-refractivity contribution in [3.63, 3.8) is 0 Å². The molecule has 0 spiro atoms. The van der Waals surface area contributed by atoms with Crippen LogP contribution in [0.1, 0.15) is 26.2 Å². The standard InChI is InChI=1S/C13H20N2O5/c1-2-15(10-5-3-4-6-10)11(16)7-14(8-12(17)18)9-13(19)20/h5H,2-4,6-9H2,1H3,(H,17,18)(H,19,20). The maximum atomic E-state index is 12.2. The van der Waals surface area contributed by atoms with Crippen LogP contribution in [-0.2, 0) is 14.4 Å². The lowest BCUT2D eigenvalue weighted by molar-refractivity contribution is -0.143. The lowest BCUT2D eigenvalue weighted by Crippen LogP contribution is -2.43. The van der Waals surface area contributed by atoms with Crippen molar-refractivity contribution in [1.29, 1.82) is 0 Å². The molecule has 0 saturated heterocycles. The number of carboxylic acid groups (broad SMARTS) is 2. The molecule has 0 bridgehead atoms. The molecule has 1 aliphatic carbocycles. The highest BCUT2D eigenvalue weighted by Gasteiger charge is 2.23. The molecule has 20 heavy (non-hydrogen) atoms. The first-order chi connectivity index (χ1) is 9.43. The van der Waals surface area contributed by atoms with Crippen molar-refractivity contribution in [2.24, 2.45) is 0 Å². The number of carboxylic acids is 2. The number of carbonyl (C=O) groups excluding carboxylic acids is 1. The molecule has 0 radical (unpaired) electrons. The van der Waals surface area contributed by atoms with Gasteiger partial charge in [0.05, 0.1) is 19.6 Å². The van der Waals surface area contributed by atoms with Crippen LogP contribution in [0.4, 0.5) is 0 Å². The van der Waals surface area contributed by atoms with Crippen molar-refractivity contribution >= 4 is 17.8 Å². The van der Waals surface area contributed by atoms with Gasteiger partial charge < -0.3 is 15.1 Å². The van der Waals surface area contributed by atoms with Crippen LogP contribution in [0.5, 0.6) is 0 Å². The number of hydrogen-bond acceptors (Lipinski definition) is 4. The van der Waals surface area contributed by atoms with Crippen molar-refractivity contribution in [3.05, 3.63) is 11.8 Å². The van der Waals surface area contributed by atoms with Gasteiger partial charge in [-0.1, -0.05) is 6.08 Å². The van der Waals surface area contributed by atoms with E-state index in [1.807, 2.05) is 13.0 Å². The molecule has 112 valence electrons. The van der Waals surface area contributed by atoms with Crippen LogP contribution in [0.3, 0.4) is 0 Å². The highest BCUT2D eigenvalue weighted by Crippen LogP contribution is 2.21. The minimum Gasteiger partial charge on any atom is -0.480 e. The van der Waals surface area contributed by atoms with Gasteiger partial charge in [0.15, 0.2) is 0 Å². The maximum Gasteiger partial charge on any atom is 0.317 e. The van der Waals surface area contributed by atoms with E-state index < -0.39 is 25.0 Å². The third kappa shape index (κ3) is 5.00. The van der Waals surface area contributed by atoms with Gasteiger partial charge in [0, 0.05) is 12.2 Å². The molecular formula is C13H20N2O5. The Bertz CT molecular complexity index is 403. The minimum absolute atomic E-state index is 0.205. The first-order valence-corrected chi connectivity index (χ1v) is 6.59. The van der Waals surface area contributed by atoms with Gasteiger partial charge in [0.1, 0.15) is 0 Å². The molecule has 7 nitrogen and oxygen atoms in total. The highest BCUT2D eigenvalue weighted by molar-refractivity contribution is 5.82. The van der Waals surface area contributed by atoms with Gasteiger partial charge in [-0.2, -0.15) is 0 Å². The Balaban J connectivity index is 2.67. The Labute approximate surface area is 117 Å². The molecule has 1 rings (SSSR count). The van der Waals surface area contributed by atoms with E-state index in [1.54, 1.807) is 4.90 Å². The molecule has 0 aromatic heterocycles. The fourth-order valence-electron chi connectivity index (χ4n) is 2.27. The van der Waals surface area contributed by atoms with Crippen molar-refractivity contribution < 1.29 is 24.6 Å². The molecule has 1 aliphatic rings. The lowest BCUT2D eigenvalue weighted by atomic mass is 10.3. The molecule has 0 aromatic carbocycles. The Morgan fingerprint density at radius 2 is 1.75 bits per heavy atom. The fraction of sp³-hybridized carbons (Fsp3) is 0.615. The van der Waals surface area contributed by atoms with E-state index in [4.69, 9.17) is 10.2 Å². The molecule has 0 atom stereocenters. The van der Waals surface area contributed by atoms with Gasteiger partial charge in [-0.3, -0.25) is 19.3 Å². The number of likely N-dealkylation sites (N-methyl/N-ethyl adjacent to an activating group) is 1. The van der Waals surface area contributed by atoms with Crippen LogP contribution >= 0.6 is 0 Å². The Hall–Kier alpha value is -1.89. The van der Waals surface area contributed by atoms with E-state index in [0.717, 1.165) is 29.9 Å². The van der Waals surface area contributed by atoms with E-state index >= 15 is 0 Å². The molecular weight excluding hydrogens is 264 g/mol. The molecule has 0 aromatic rings. The molecule has 0 aliphatic heterocycles. The maximum absolute atomic E-state index is 12.2. The first kappa shape index (κ1) is 16.2. The molecule has 0 unspecified atom stereocenters. The number of carbonyl (C=O) groups is 3. The van der Waals surface area contributed by atoms with Crippen LogP contribution < -0.4 is 0 Å². The zero-order valence-electron chi connectivity index (χ0n) is 11.5. The Morgan fingerprint density at radius 1 is 1.15 bits per heavy atom. The van der Waals surface area contributed by atoms with E-state index in [9.17, 15) is 14.4 Å². The lowest BCUT2D eigenvalue weighted by Gasteiger charge is -2.25. The second-order valence-corrected chi connectivity index (χ2v) is 4.66. The quantitative estimate of drug-likeness (QED) is 0.668. The van der Waals surface area contributed by atoms with E-state index in [-0.39, 0.29) is 12.5 Å². The topological polar surface area (TPSA) is 98.2 Å². The number of amides is 1. The van der Waals surface area contributed by atoms with Crippen molar-refractivity contribution in [2.45, 2.75) is 26.2 Å². The van der Waals surface area contributed by atoms with Gasteiger partial charge in [-0.15, -0.1) is 0 Å². The number of nitrogens with zero attached hydrogens (tertiary/aromatic N) is 2. The van der Waals surface area contributed by atoms with Crippen LogP contribution in [0.2, 0.25) is 0 Å². The second-order valence-electron chi connectivity index (χ2n) is 4.66. The third-order valence-electron chi connectivity index (χ3n) is 3.06. The van der Waals surface area contributed by atoms with Gasteiger partial charge in [-0.05, 0) is 26.2 Å². The molecule has 0 saturated carbocycles. The van der Waals surface area contributed by atoms with Crippen LogP contribution in [0, 0.1) is 0 Å². The van der Waals surface area contributed by atoms with E-state index in [0.29, 0.717) is 6.54 Å². The monoisotopic (exact) mass is 284 g/mol. The molecule has 1 amide bonds. The van der Waals surface area contributed by atoms with Crippen LogP contribution in [0.25, 0.3) is 0 Å². The summed E-state index contributed by atoms with van der Waals surface area (Å²) < 4.78 is 0. The summed E-state index contributed by atoms with van der Waals surface area (Å²) >= 11 is 0. The Kier molecular flexibility index (Phi) is 6.17. The van der Waals surface area contributed by atoms with Crippen molar-refractivity contribution in [3.8, 4) is 0 Å². The summed E-state index contributed by atoms with van der Waals surface area (Å²) in [6.07, 6.45) is 4.78. The van der Waals surface area contributed by atoms with E-state index in [2.05, 4.69) is 0 Å². The summed E-state index contributed by atoms with van der Waals surface area (Å²) in [7, 11) is 0. The summed E-state index contributed by atoms with van der Waals surface area (Å²) in [5.41, 5.74) is 0.947. The van der Waals surface area contributed by atoms with Gasteiger partial charge in [0.25, 0.3) is 0 Å². The second kappa shape index (κ2) is 7.64. The first-order valence-electron chi connectivity index (χ1n) is 6.59. The molecule has 7 heteroatoms. The third-order valence-corrected chi connectivity index (χ3v) is 3.06. The summed E-state index contributed by atoms with van der Waals surface area (Å²) in [6, 6.07) is 0. The van der Waals surface area contributed by atoms with Crippen molar-refractivity contribution in [1.82, 2.24) is 9.80 Å². The average Bonchev–Trinajstić information content (AvgIpc) is 2.81. The highest BCUT2D eigenvalue weighted by atomic mass is 16.4. The summed E-state index contributed by atoms with van der Waals surface area (Å²) in [4.78, 5) is 36.3. The largest absolute Gasteiger partial charge is 0.480 e. The number of allylic oxidation sites excluding steroid dienone is 2. The zero-order valence-corrected chi connectivity index (χ0v) is 11.5. The summed E-state index contributed by atoms with van der Waals surface area (Å²) in [5.74, 6) is -2.56. The van der Waals surface area contributed by atoms with Gasteiger partial charge in [0.2, 0.25) is 5.91 Å².